The highest BCUT2D eigenvalue weighted by atomic mass is 35.5. The molecule has 0 aromatic heterocycles. The van der Waals surface area contributed by atoms with E-state index in [-0.39, 0.29) is 6.09 Å². The normalized spacial score (nSPS) is 15.1. The number of nitrogens with zero attached hydrogens (tertiary/aromatic N) is 2. The van der Waals surface area contributed by atoms with Crippen LogP contribution in [0.2, 0.25) is 5.02 Å². The second kappa shape index (κ2) is 13.8. The van der Waals surface area contributed by atoms with Crippen LogP contribution >= 0.6 is 11.6 Å². The third-order valence-corrected chi connectivity index (χ3v) is 5.79. The molecule has 1 aliphatic heterocycles. The molecule has 0 aliphatic carbocycles. The summed E-state index contributed by atoms with van der Waals surface area (Å²) in [6.45, 7) is 7.69. The van der Waals surface area contributed by atoms with E-state index in [1.54, 1.807) is 29.2 Å². The molecule has 0 atom stereocenters. The van der Waals surface area contributed by atoms with E-state index in [1.807, 2.05) is 0 Å². The lowest BCUT2D eigenvalue weighted by molar-refractivity contribution is 0.0927. The van der Waals surface area contributed by atoms with Crippen molar-refractivity contribution in [3.05, 3.63) is 29.3 Å². The molecule has 1 aromatic carbocycles. The Morgan fingerprint density at radius 1 is 1.10 bits per heavy atom. The molecule has 164 valence electrons. The number of carbonyl (C=O) groups is 1. The Hall–Kier alpha value is -1.30. The van der Waals surface area contributed by atoms with E-state index in [4.69, 9.17) is 21.1 Å². The number of hydrogen-bond donors (Lipinski definition) is 0. The number of benzene rings is 1. The molecule has 1 fully saturated rings. The minimum absolute atomic E-state index is 0.273. The Kier molecular flexibility index (Phi) is 11.4. The maximum Gasteiger partial charge on any atom is 0.415 e. The van der Waals surface area contributed by atoms with Crippen molar-refractivity contribution >= 4 is 17.7 Å². The van der Waals surface area contributed by atoms with E-state index >= 15 is 0 Å². The number of carbonyl (C=O) groups excluding carboxylic acids is 1. The third kappa shape index (κ3) is 9.83. The molecule has 1 saturated heterocycles. The minimum atomic E-state index is -0.273. The molecule has 1 amide bonds. The molecule has 0 radical (unpaired) electrons. The number of halogens is 1. The molecular formula is C23H37ClN2O3. The van der Waals surface area contributed by atoms with E-state index in [1.165, 1.54) is 25.8 Å². The fourth-order valence-corrected chi connectivity index (χ4v) is 3.73. The van der Waals surface area contributed by atoms with Crippen LogP contribution < -0.4 is 4.74 Å². The Morgan fingerprint density at radius 3 is 2.48 bits per heavy atom. The number of rotatable bonds is 12. The lowest BCUT2D eigenvalue weighted by atomic mass is 9.94. The number of amides is 1. The van der Waals surface area contributed by atoms with Crippen LogP contribution in [0.5, 0.6) is 5.75 Å². The van der Waals surface area contributed by atoms with Crippen LogP contribution in [0.1, 0.15) is 51.9 Å². The van der Waals surface area contributed by atoms with Gasteiger partial charge in [0.15, 0.2) is 0 Å². The smallest absolute Gasteiger partial charge is 0.410 e. The summed E-state index contributed by atoms with van der Waals surface area (Å²) in [6, 6.07) is 6.88. The van der Waals surface area contributed by atoms with Crippen LogP contribution in [0, 0.1) is 5.92 Å². The molecule has 6 heteroatoms. The van der Waals surface area contributed by atoms with Gasteiger partial charge in [-0.2, -0.15) is 0 Å². The summed E-state index contributed by atoms with van der Waals surface area (Å²) in [6.07, 6.45) is 7.81. The number of ether oxygens (including phenoxy) is 2. The highest BCUT2D eigenvalue weighted by Crippen LogP contribution is 2.22. The van der Waals surface area contributed by atoms with Gasteiger partial charge in [0.25, 0.3) is 0 Å². The second-order valence-corrected chi connectivity index (χ2v) is 8.45. The molecule has 0 bridgehead atoms. The number of hydrogen-bond acceptors (Lipinski definition) is 4. The first kappa shape index (κ1) is 24.0. The van der Waals surface area contributed by atoms with Gasteiger partial charge in [0.1, 0.15) is 5.75 Å². The van der Waals surface area contributed by atoms with Gasteiger partial charge in [-0.05, 0) is 75.9 Å². The van der Waals surface area contributed by atoms with Crippen molar-refractivity contribution < 1.29 is 14.3 Å². The molecule has 0 saturated carbocycles. The fraction of sp³-hybridized carbons (Fsp3) is 0.696. The Bertz CT molecular complexity index is 574. The molecule has 1 aliphatic rings. The van der Waals surface area contributed by atoms with E-state index in [9.17, 15) is 4.79 Å². The van der Waals surface area contributed by atoms with Crippen LogP contribution in [-0.2, 0) is 4.74 Å². The Balaban J connectivity index is 1.50. The summed E-state index contributed by atoms with van der Waals surface area (Å²) in [4.78, 5) is 16.5. The molecule has 0 spiro atoms. The number of likely N-dealkylation sites (tertiary alicyclic amines) is 1. The zero-order chi connectivity index (χ0) is 20.9. The first-order valence-electron chi connectivity index (χ1n) is 11.1. The lowest BCUT2D eigenvalue weighted by Gasteiger charge is -2.31. The summed E-state index contributed by atoms with van der Waals surface area (Å²) in [5.41, 5.74) is 0. The zero-order valence-electron chi connectivity index (χ0n) is 18.1. The first-order valence-corrected chi connectivity index (χ1v) is 11.4. The molecule has 1 heterocycles. The Labute approximate surface area is 181 Å². The van der Waals surface area contributed by atoms with Crippen LogP contribution in [0.15, 0.2) is 24.3 Å². The maximum atomic E-state index is 12.3. The van der Waals surface area contributed by atoms with Gasteiger partial charge in [0.05, 0.1) is 0 Å². The van der Waals surface area contributed by atoms with Gasteiger partial charge in [-0.1, -0.05) is 31.4 Å². The number of unbranched alkanes of at least 4 members (excludes halogenated alkanes) is 2. The van der Waals surface area contributed by atoms with Crippen LogP contribution in [-0.4, -0.2) is 62.3 Å². The molecule has 2 rings (SSSR count). The summed E-state index contributed by atoms with van der Waals surface area (Å²) >= 11 is 5.86. The minimum Gasteiger partial charge on any atom is -0.410 e. The zero-order valence-corrected chi connectivity index (χ0v) is 18.8. The highest BCUT2D eigenvalue weighted by molar-refractivity contribution is 6.30. The van der Waals surface area contributed by atoms with E-state index in [0.717, 1.165) is 58.5 Å². The van der Waals surface area contributed by atoms with Crippen LogP contribution in [0.3, 0.4) is 0 Å². The van der Waals surface area contributed by atoms with Crippen molar-refractivity contribution in [2.75, 3.05) is 46.4 Å². The molecule has 0 unspecified atom stereocenters. The predicted octanol–water partition coefficient (Wildman–Crippen LogP) is 5.47. The average Bonchev–Trinajstić information content (AvgIpc) is 2.73. The largest absolute Gasteiger partial charge is 0.415 e. The molecule has 1 aromatic rings. The van der Waals surface area contributed by atoms with Crippen molar-refractivity contribution in [2.45, 2.75) is 51.9 Å². The quantitative estimate of drug-likeness (QED) is 0.417. The van der Waals surface area contributed by atoms with Gasteiger partial charge in [-0.25, -0.2) is 4.79 Å². The van der Waals surface area contributed by atoms with Gasteiger partial charge in [0.2, 0.25) is 0 Å². The Morgan fingerprint density at radius 2 is 1.79 bits per heavy atom. The monoisotopic (exact) mass is 424 g/mol. The van der Waals surface area contributed by atoms with Gasteiger partial charge < -0.3 is 19.3 Å². The SMILES string of the molecule is CCCCCN(C)CCCOCCC1CCN(C(=O)Oc2ccc(Cl)cc2)CC1. The predicted molar refractivity (Wildman–Crippen MR) is 119 cm³/mol. The van der Waals surface area contributed by atoms with Gasteiger partial charge in [-0.3, -0.25) is 0 Å². The summed E-state index contributed by atoms with van der Waals surface area (Å²) < 4.78 is 11.3. The van der Waals surface area contributed by atoms with E-state index < -0.39 is 0 Å². The van der Waals surface area contributed by atoms with Crippen molar-refractivity contribution in [1.82, 2.24) is 9.80 Å². The van der Waals surface area contributed by atoms with Crippen molar-refractivity contribution in [2.24, 2.45) is 5.92 Å². The topological polar surface area (TPSA) is 42.0 Å². The third-order valence-electron chi connectivity index (χ3n) is 5.53. The van der Waals surface area contributed by atoms with Gasteiger partial charge >= 0.3 is 6.09 Å². The van der Waals surface area contributed by atoms with Crippen LogP contribution in [0.25, 0.3) is 0 Å². The van der Waals surface area contributed by atoms with Crippen LogP contribution in [0.4, 0.5) is 4.79 Å². The fourth-order valence-electron chi connectivity index (χ4n) is 3.60. The van der Waals surface area contributed by atoms with Crippen molar-refractivity contribution in [3.63, 3.8) is 0 Å². The van der Waals surface area contributed by atoms with Gasteiger partial charge in [0, 0.05) is 37.9 Å². The van der Waals surface area contributed by atoms with Crippen molar-refractivity contribution in [3.8, 4) is 5.75 Å². The van der Waals surface area contributed by atoms with Crippen molar-refractivity contribution in [1.29, 1.82) is 0 Å². The molecule has 5 nitrogen and oxygen atoms in total. The standard InChI is InChI=1S/C23H37ClN2O3/c1-3-4-5-14-25(2)15-6-18-28-19-13-20-11-16-26(17-12-20)23(27)29-22-9-7-21(24)8-10-22/h7-10,20H,3-6,11-19H2,1-2H3. The summed E-state index contributed by atoms with van der Waals surface area (Å²) in [7, 11) is 2.20. The molecular weight excluding hydrogens is 388 g/mol. The number of piperidine rings is 1. The summed E-state index contributed by atoms with van der Waals surface area (Å²) in [5.74, 6) is 1.16. The molecule has 0 N–H and O–H groups in total. The average molecular weight is 425 g/mol. The summed E-state index contributed by atoms with van der Waals surface area (Å²) in [5, 5.41) is 0.631. The maximum absolute atomic E-state index is 12.3. The lowest BCUT2D eigenvalue weighted by Crippen LogP contribution is -2.40. The van der Waals surface area contributed by atoms with E-state index in [2.05, 4.69) is 18.9 Å². The highest BCUT2D eigenvalue weighted by Gasteiger charge is 2.24. The van der Waals surface area contributed by atoms with E-state index in [0.29, 0.717) is 16.7 Å². The van der Waals surface area contributed by atoms with Gasteiger partial charge in [-0.15, -0.1) is 0 Å². The molecule has 29 heavy (non-hydrogen) atoms. The second-order valence-electron chi connectivity index (χ2n) is 8.02. The first-order chi connectivity index (χ1) is 14.1.